The van der Waals surface area contributed by atoms with E-state index in [0.717, 1.165) is 6.42 Å². The van der Waals surface area contributed by atoms with Crippen LogP contribution in [0.15, 0.2) is 0 Å². The predicted molar refractivity (Wildman–Crippen MR) is 70.3 cm³/mol. The van der Waals surface area contributed by atoms with Gasteiger partial charge in [-0.15, -0.1) is 0 Å². The molecule has 0 aromatic rings. The molecule has 2 aliphatic rings. The minimum Gasteiger partial charge on any atom is -0.481 e. The van der Waals surface area contributed by atoms with Crippen molar-refractivity contribution in [2.75, 3.05) is 26.3 Å². The topological polar surface area (TPSA) is 99.1 Å². The second-order valence-electron chi connectivity index (χ2n) is 6.26. The van der Waals surface area contributed by atoms with Gasteiger partial charge in [-0.2, -0.15) is 0 Å². The summed E-state index contributed by atoms with van der Waals surface area (Å²) in [4.78, 5) is 25.0. The molecule has 2 saturated heterocycles. The van der Waals surface area contributed by atoms with Crippen molar-refractivity contribution in [2.24, 2.45) is 5.41 Å². The molecule has 7 nitrogen and oxygen atoms in total. The molecule has 2 rings (SSSR count). The predicted octanol–water partition coefficient (Wildman–Crippen LogP) is 0.0325. The van der Waals surface area contributed by atoms with E-state index in [0.29, 0.717) is 13.0 Å². The van der Waals surface area contributed by atoms with Crippen molar-refractivity contribution >= 4 is 12.0 Å². The van der Waals surface area contributed by atoms with Crippen LogP contribution >= 0.6 is 0 Å². The number of carboxylic acids is 1. The van der Waals surface area contributed by atoms with E-state index in [2.05, 4.69) is 5.32 Å². The summed E-state index contributed by atoms with van der Waals surface area (Å²) >= 11 is 0. The summed E-state index contributed by atoms with van der Waals surface area (Å²) in [7, 11) is 0. The maximum absolute atomic E-state index is 12.2. The molecule has 0 spiro atoms. The van der Waals surface area contributed by atoms with Crippen molar-refractivity contribution in [3.63, 3.8) is 0 Å². The Morgan fingerprint density at radius 3 is 2.70 bits per heavy atom. The smallest absolute Gasteiger partial charge is 0.317 e. The van der Waals surface area contributed by atoms with Gasteiger partial charge in [0.25, 0.3) is 0 Å². The van der Waals surface area contributed by atoms with Gasteiger partial charge in [-0.1, -0.05) is 0 Å². The highest BCUT2D eigenvalue weighted by Crippen LogP contribution is 2.29. The van der Waals surface area contributed by atoms with Crippen molar-refractivity contribution in [2.45, 2.75) is 38.3 Å². The van der Waals surface area contributed by atoms with Crippen molar-refractivity contribution in [1.82, 2.24) is 10.2 Å². The van der Waals surface area contributed by atoms with Gasteiger partial charge in [-0.3, -0.25) is 4.79 Å². The van der Waals surface area contributed by atoms with Gasteiger partial charge >= 0.3 is 12.0 Å². The summed E-state index contributed by atoms with van der Waals surface area (Å²) in [6, 6.07) is -0.896. The van der Waals surface area contributed by atoms with Crippen LogP contribution < -0.4 is 5.32 Å². The number of likely N-dealkylation sites (tertiary alicyclic amines) is 1. The van der Waals surface area contributed by atoms with Crippen LogP contribution in [0.2, 0.25) is 0 Å². The summed E-state index contributed by atoms with van der Waals surface area (Å²) in [5.41, 5.74) is -1.98. The molecular formula is C13H22N2O5. The van der Waals surface area contributed by atoms with Crippen molar-refractivity contribution in [3.8, 4) is 0 Å². The molecule has 0 bridgehead atoms. The maximum Gasteiger partial charge on any atom is 0.317 e. The Balaban J connectivity index is 1.99. The second-order valence-corrected chi connectivity index (χ2v) is 6.26. The summed E-state index contributed by atoms with van der Waals surface area (Å²) in [5.74, 6) is -0.981. The zero-order valence-corrected chi connectivity index (χ0v) is 11.9. The number of hydrogen-bond donors (Lipinski definition) is 3. The largest absolute Gasteiger partial charge is 0.481 e. The van der Waals surface area contributed by atoms with Gasteiger partial charge in [0.15, 0.2) is 0 Å². The van der Waals surface area contributed by atoms with Crippen LogP contribution in [0, 0.1) is 5.41 Å². The van der Waals surface area contributed by atoms with E-state index in [4.69, 9.17) is 4.74 Å². The number of ether oxygens (including phenoxy) is 1. The van der Waals surface area contributed by atoms with Crippen molar-refractivity contribution in [1.29, 1.82) is 0 Å². The van der Waals surface area contributed by atoms with Crippen LogP contribution in [0.1, 0.15) is 26.7 Å². The van der Waals surface area contributed by atoms with E-state index < -0.39 is 23.0 Å². The van der Waals surface area contributed by atoms with E-state index >= 15 is 0 Å². The number of aliphatic hydroxyl groups is 1. The third kappa shape index (κ3) is 2.88. The molecule has 2 fully saturated rings. The Hall–Kier alpha value is -1.34. The number of piperidine rings is 1. The maximum atomic E-state index is 12.2. The summed E-state index contributed by atoms with van der Waals surface area (Å²) in [6.07, 6.45) is 1.40. The Morgan fingerprint density at radius 2 is 2.10 bits per heavy atom. The van der Waals surface area contributed by atoms with Crippen molar-refractivity contribution in [3.05, 3.63) is 0 Å². The lowest BCUT2D eigenvalue weighted by Crippen LogP contribution is -2.57. The third-order valence-corrected chi connectivity index (χ3v) is 4.20. The van der Waals surface area contributed by atoms with E-state index in [1.165, 1.54) is 4.90 Å². The molecule has 0 aromatic carbocycles. The second kappa shape index (κ2) is 5.21. The van der Waals surface area contributed by atoms with Gasteiger partial charge in [0.2, 0.25) is 0 Å². The monoisotopic (exact) mass is 286 g/mol. The molecule has 20 heavy (non-hydrogen) atoms. The molecule has 3 unspecified atom stereocenters. The molecule has 2 heterocycles. The van der Waals surface area contributed by atoms with Gasteiger partial charge in [-0.05, 0) is 26.7 Å². The Labute approximate surface area is 117 Å². The lowest BCUT2D eigenvalue weighted by molar-refractivity contribution is -0.148. The molecule has 7 heteroatoms. The number of nitrogens with zero attached hydrogens (tertiary/aromatic N) is 1. The van der Waals surface area contributed by atoms with E-state index in [-0.39, 0.29) is 25.8 Å². The number of β-amino-alcohol motifs (C(OH)–C–C–N with tert-alkyl or cyclic N) is 1. The molecule has 0 radical (unpaired) electrons. The number of urea groups is 1. The first-order valence-corrected chi connectivity index (χ1v) is 6.84. The average molecular weight is 286 g/mol. The van der Waals surface area contributed by atoms with Crippen LogP contribution in [-0.4, -0.2) is 65.1 Å². The summed E-state index contributed by atoms with van der Waals surface area (Å²) in [6.45, 7) is 4.38. The van der Waals surface area contributed by atoms with Crippen LogP contribution in [-0.2, 0) is 9.53 Å². The van der Waals surface area contributed by atoms with Gasteiger partial charge in [-0.25, -0.2) is 4.79 Å². The SMILES string of the molecule is CC1(O)CCCN(C(=O)NC2COCC2(C)C(=O)O)C1. The third-order valence-electron chi connectivity index (χ3n) is 4.20. The molecule has 2 aliphatic heterocycles. The van der Waals surface area contributed by atoms with Crippen LogP contribution in [0.3, 0.4) is 0 Å². The minimum atomic E-state index is -1.10. The molecule has 2 amide bonds. The van der Waals surface area contributed by atoms with Crippen molar-refractivity contribution < 1.29 is 24.5 Å². The minimum absolute atomic E-state index is 0.0883. The lowest BCUT2D eigenvalue weighted by Gasteiger charge is -2.38. The highest BCUT2D eigenvalue weighted by atomic mass is 16.5. The first-order valence-electron chi connectivity index (χ1n) is 6.84. The molecular weight excluding hydrogens is 264 g/mol. The Bertz CT molecular complexity index is 412. The molecule has 3 atom stereocenters. The Morgan fingerprint density at radius 1 is 1.40 bits per heavy atom. The lowest BCUT2D eigenvalue weighted by atomic mass is 9.85. The molecule has 3 N–H and O–H groups in total. The fraction of sp³-hybridized carbons (Fsp3) is 0.846. The first-order chi connectivity index (χ1) is 9.24. The van der Waals surface area contributed by atoms with Gasteiger partial charge < -0.3 is 25.2 Å². The molecule has 114 valence electrons. The normalized spacial score (nSPS) is 37.8. The summed E-state index contributed by atoms with van der Waals surface area (Å²) < 4.78 is 5.20. The number of nitrogens with one attached hydrogen (secondary N) is 1. The number of carboxylic acid groups (broad SMARTS) is 1. The number of amides is 2. The highest BCUT2D eigenvalue weighted by molar-refractivity contribution is 5.79. The number of aliphatic carboxylic acids is 1. The van der Waals surface area contributed by atoms with Gasteiger partial charge in [0, 0.05) is 6.54 Å². The van der Waals surface area contributed by atoms with E-state index in [1.54, 1.807) is 13.8 Å². The van der Waals surface area contributed by atoms with Crippen LogP contribution in [0.5, 0.6) is 0 Å². The fourth-order valence-corrected chi connectivity index (χ4v) is 2.72. The number of hydrogen-bond acceptors (Lipinski definition) is 4. The number of carbonyl (C=O) groups excluding carboxylic acids is 1. The quantitative estimate of drug-likeness (QED) is 0.665. The fourth-order valence-electron chi connectivity index (χ4n) is 2.72. The number of carbonyl (C=O) groups is 2. The molecule has 0 saturated carbocycles. The highest BCUT2D eigenvalue weighted by Gasteiger charge is 2.48. The standard InChI is InChI=1S/C13H22N2O5/c1-12(19)4-3-5-15(7-12)11(18)14-9-6-20-8-13(9,2)10(16)17/h9,19H,3-8H2,1-2H3,(H,14,18)(H,16,17). The van der Waals surface area contributed by atoms with Crippen LogP contribution in [0.4, 0.5) is 4.79 Å². The summed E-state index contributed by atoms with van der Waals surface area (Å²) in [5, 5.41) is 22.0. The first kappa shape index (κ1) is 15.1. The van der Waals surface area contributed by atoms with Gasteiger partial charge in [0.1, 0.15) is 5.41 Å². The van der Waals surface area contributed by atoms with E-state index in [1.807, 2.05) is 0 Å². The Kier molecular flexibility index (Phi) is 3.93. The number of rotatable bonds is 2. The zero-order chi connectivity index (χ0) is 15.0. The zero-order valence-electron chi connectivity index (χ0n) is 11.9. The molecule has 0 aliphatic carbocycles. The molecule has 0 aromatic heterocycles. The van der Waals surface area contributed by atoms with Gasteiger partial charge in [0.05, 0.1) is 31.4 Å². The average Bonchev–Trinajstić information content (AvgIpc) is 2.71. The van der Waals surface area contributed by atoms with E-state index in [9.17, 15) is 19.8 Å². The van der Waals surface area contributed by atoms with Crippen LogP contribution in [0.25, 0.3) is 0 Å².